The van der Waals surface area contributed by atoms with Gasteiger partial charge in [-0.25, -0.2) is 0 Å². The van der Waals surface area contributed by atoms with Crippen molar-refractivity contribution in [1.29, 1.82) is 0 Å². The van der Waals surface area contributed by atoms with Crippen molar-refractivity contribution in [3.05, 3.63) is 12.2 Å². The molecule has 0 aromatic carbocycles. The van der Waals surface area contributed by atoms with Gasteiger partial charge < -0.3 is 5.32 Å². The Morgan fingerprint density at radius 2 is 2.20 bits per heavy atom. The van der Waals surface area contributed by atoms with Crippen molar-refractivity contribution in [1.82, 2.24) is 5.32 Å². The number of amides is 1. The molecule has 2 heteroatoms. The number of carbonyl (C=O) groups is 1. The van der Waals surface area contributed by atoms with Crippen LogP contribution < -0.4 is 5.32 Å². The third kappa shape index (κ3) is 5.35. The third-order valence-electron chi connectivity index (χ3n) is 0.936. The van der Waals surface area contributed by atoms with Crippen molar-refractivity contribution >= 4 is 5.91 Å². The van der Waals surface area contributed by atoms with Crippen LogP contribution in [0.5, 0.6) is 0 Å². The lowest BCUT2D eigenvalue weighted by atomic mass is 10.3. The van der Waals surface area contributed by atoms with Crippen molar-refractivity contribution in [3.8, 4) is 0 Å². The van der Waals surface area contributed by atoms with Gasteiger partial charge >= 0.3 is 0 Å². The Kier molecular flexibility index (Phi) is 4.63. The zero-order valence-corrected chi connectivity index (χ0v) is 6.85. The van der Waals surface area contributed by atoms with Crippen LogP contribution in [-0.4, -0.2) is 11.9 Å². The molecule has 1 N–H and O–H groups in total. The van der Waals surface area contributed by atoms with Gasteiger partial charge in [-0.1, -0.05) is 13.0 Å². The molecule has 0 atom stereocenters. The monoisotopic (exact) mass is 141 g/mol. The molecule has 0 aromatic heterocycles. The molecule has 0 fully saturated rings. The van der Waals surface area contributed by atoms with Gasteiger partial charge in [-0.15, -0.1) is 0 Å². The Bertz CT molecular complexity index is 127. The van der Waals surface area contributed by atoms with E-state index in [1.165, 1.54) is 0 Å². The minimum absolute atomic E-state index is 0.00292. The second kappa shape index (κ2) is 5.03. The van der Waals surface area contributed by atoms with Crippen LogP contribution in [0.15, 0.2) is 12.2 Å². The molecule has 0 heterocycles. The molecule has 58 valence electrons. The van der Waals surface area contributed by atoms with E-state index in [1.54, 1.807) is 6.08 Å². The van der Waals surface area contributed by atoms with Gasteiger partial charge in [0.2, 0.25) is 5.91 Å². The summed E-state index contributed by atoms with van der Waals surface area (Å²) in [5, 5.41) is 2.75. The van der Waals surface area contributed by atoms with E-state index in [2.05, 4.69) is 5.32 Å². The second-order valence-electron chi connectivity index (χ2n) is 2.47. The van der Waals surface area contributed by atoms with Gasteiger partial charge in [-0.05, 0) is 26.3 Å². The highest BCUT2D eigenvalue weighted by Crippen LogP contribution is 1.81. The molecular formula is C8H15NO. The largest absolute Gasteiger partial charge is 0.350 e. The number of allylic oxidation sites excluding steroid dienone is 1. The zero-order chi connectivity index (χ0) is 7.98. The fourth-order valence-electron chi connectivity index (χ4n) is 0.558. The molecule has 0 radical (unpaired) electrons. The van der Waals surface area contributed by atoms with E-state index in [0.29, 0.717) is 0 Å². The Balaban J connectivity index is 3.54. The lowest BCUT2D eigenvalue weighted by molar-refractivity contribution is -0.116. The first-order valence-electron chi connectivity index (χ1n) is 3.63. The quantitative estimate of drug-likeness (QED) is 0.592. The Labute approximate surface area is 62.3 Å². The summed E-state index contributed by atoms with van der Waals surface area (Å²) in [5.41, 5.74) is 0. The maximum Gasteiger partial charge on any atom is 0.243 e. The van der Waals surface area contributed by atoms with Crippen molar-refractivity contribution in [3.63, 3.8) is 0 Å². The standard InChI is InChI=1S/C8H15NO/c1-4-5-6-8(10)9-7(2)3/h5-7H,4H2,1-3H3,(H,9,10). The number of carbonyl (C=O) groups excluding carboxylic acids is 1. The van der Waals surface area contributed by atoms with Gasteiger partial charge in [0.1, 0.15) is 0 Å². The van der Waals surface area contributed by atoms with Gasteiger partial charge in [0, 0.05) is 6.04 Å². The molecule has 0 unspecified atom stereocenters. The first kappa shape index (κ1) is 9.21. The molecule has 10 heavy (non-hydrogen) atoms. The fraction of sp³-hybridized carbons (Fsp3) is 0.625. The Hall–Kier alpha value is -0.790. The topological polar surface area (TPSA) is 29.1 Å². The molecule has 0 aliphatic rings. The predicted molar refractivity (Wildman–Crippen MR) is 42.7 cm³/mol. The van der Waals surface area contributed by atoms with E-state index in [0.717, 1.165) is 6.42 Å². The first-order valence-corrected chi connectivity index (χ1v) is 3.63. The molecule has 0 aliphatic heterocycles. The van der Waals surface area contributed by atoms with Crippen LogP contribution in [0, 0.1) is 0 Å². The summed E-state index contributed by atoms with van der Waals surface area (Å²) < 4.78 is 0. The van der Waals surface area contributed by atoms with Gasteiger partial charge in [0.05, 0.1) is 0 Å². The van der Waals surface area contributed by atoms with Crippen molar-refractivity contribution < 1.29 is 4.79 Å². The molecule has 0 aliphatic carbocycles. The summed E-state index contributed by atoms with van der Waals surface area (Å²) in [6, 6.07) is 0.231. The van der Waals surface area contributed by atoms with Gasteiger partial charge in [-0.3, -0.25) is 4.79 Å². The second-order valence-corrected chi connectivity index (χ2v) is 2.47. The van der Waals surface area contributed by atoms with Crippen molar-refractivity contribution in [2.24, 2.45) is 0 Å². The van der Waals surface area contributed by atoms with E-state index in [1.807, 2.05) is 26.8 Å². The molecule has 0 rings (SSSR count). The van der Waals surface area contributed by atoms with E-state index >= 15 is 0 Å². The predicted octanol–water partition coefficient (Wildman–Crippen LogP) is 1.48. The fourth-order valence-corrected chi connectivity index (χ4v) is 0.558. The number of rotatable bonds is 3. The van der Waals surface area contributed by atoms with Crippen LogP contribution >= 0.6 is 0 Å². The molecule has 0 saturated heterocycles. The minimum atomic E-state index is -0.00292. The third-order valence-corrected chi connectivity index (χ3v) is 0.936. The SMILES string of the molecule is CCC=CC(=O)NC(C)C. The van der Waals surface area contributed by atoms with Crippen molar-refractivity contribution in [2.45, 2.75) is 33.2 Å². The zero-order valence-electron chi connectivity index (χ0n) is 6.85. The van der Waals surface area contributed by atoms with Crippen LogP contribution in [0.3, 0.4) is 0 Å². The lowest BCUT2D eigenvalue weighted by Crippen LogP contribution is -2.28. The Morgan fingerprint density at radius 1 is 1.60 bits per heavy atom. The maximum atomic E-state index is 10.8. The first-order chi connectivity index (χ1) is 4.66. The summed E-state index contributed by atoms with van der Waals surface area (Å²) >= 11 is 0. The minimum Gasteiger partial charge on any atom is -0.350 e. The molecule has 1 amide bonds. The van der Waals surface area contributed by atoms with Gasteiger partial charge in [-0.2, -0.15) is 0 Å². The van der Waals surface area contributed by atoms with Crippen LogP contribution in [-0.2, 0) is 4.79 Å². The lowest BCUT2D eigenvalue weighted by Gasteiger charge is -2.03. The highest BCUT2D eigenvalue weighted by molar-refractivity contribution is 5.87. The molecule has 2 nitrogen and oxygen atoms in total. The van der Waals surface area contributed by atoms with Crippen LogP contribution in [0.25, 0.3) is 0 Å². The van der Waals surface area contributed by atoms with E-state index < -0.39 is 0 Å². The van der Waals surface area contributed by atoms with Gasteiger partial charge in [0.15, 0.2) is 0 Å². The van der Waals surface area contributed by atoms with E-state index in [9.17, 15) is 4.79 Å². The Morgan fingerprint density at radius 3 is 2.60 bits per heavy atom. The molecule has 0 aromatic rings. The summed E-state index contributed by atoms with van der Waals surface area (Å²) in [4.78, 5) is 10.8. The summed E-state index contributed by atoms with van der Waals surface area (Å²) in [7, 11) is 0. The highest BCUT2D eigenvalue weighted by atomic mass is 16.1. The summed E-state index contributed by atoms with van der Waals surface area (Å²) in [5.74, 6) is -0.00292. The van der Waals surface area contributed by atoms with Crippen LogP contribution in [0.1, 0.15) is 27.2 Å². The smallest absolute Gasteiger partial charge is 0.243 e. The summed E-state index contributed by atoms with van der Waals surface area (Å²) in [6.07, 6.45) is 4.32. The average molecular weight is 141 g/mol. The highest BCUT2D eigenvalue weighted by Gasteiger charge is 1.95. The summed E-state index contributed by atoms with van der Waals surface area (Å²) in [6.45, 7) is 5.88. The normalized spacial score (nSPS) is 10.8. The van der Waals surface area contributed by atoms with E-state index in [4.69, 9.17) is 0 Å². The van der Waals surface area contributed by atoms with E-state index in [-0.39, 0.29) is 11.9 Å². The maximum absolute atomic E-state index is 10.8. The average Bonchev–Trinajstić information content (AvgIpc) is 1.82. The number of nitrogens with one attached hydrogen (secondary N) is 1. The number of hydrogen-bond donors (Lipinski definition) is 1. The molecular weight excluding hydrogens is 126 g/mol. The molecule has 0 spiro atoms. The number of hydrogen-bond acceptors (Lipinski definition) is 1. The van der Waals surface area contributed by atoms with Gasteiger partial charge in [0.25, 0.3) is 0 Å². The van der Waals surface area contributed by atoms with Crippen LogP contribution in [0.4, 0.5) is 0 Å². The molecule has 0 saturated carbocycles. The molecule has 0 bridgehead atoms. The van der Waals surface area contributed by atoms with Crippen molar-refractivity contribution in [2.75, 3.05) is 0 Å². The van der Waals surface area contributed by atoms with Crippen LogP contribution in [0.2, 0.25) is 0 Å².